The molecule has 4 rings (SSSR count). The Morgan fingerprint density at radius 1 is 1.29 bits per heavy atom. The topological polar surface area (TPSA) is 78.5 Å². The molecule has 0 radical (unpaired) electrons. The smallest absolute Gasteiger partial charge is 0.228 e. The molecule has 1 N–H and O–H groups in total. The number of aromatic amines is 1. The third kappa shape index (κ3) is 3.43. The highest BCUT2D eigenvalue weighted by molar-refractivity contribution is 6.00. The fourth-order valence-electron chi connectivity index (χ4n) is 3.60. The normalized spacial score (nSPS) is 16.6. The van der Waals surface area contributed by atoms with Crippen molar-refractivity contribution in [3.8, 4) is 5.75 Å². The molecule has 28 heavy (non-hydrogen) atoms. The molecule has 3 aromatic rings. The van der Waals surface area contributed by atoms with E-state index in [-0.39, 0.29) is 24.2 Å². The third-order valence-corrected chi connectivity index (χ3v) is 5.04. The van der Waals surface area contributed by atoms with Crippen LogP contribution in [0.15, 0.2) is 48.5 Å². The Hall–Kier alpha value is -3.35. The van der Waals surface area contributed by atoms with E-state index in [1.807, 2.05) is 48.5 Å². The molecule has 1 saturated heterocycles. The quantitative estimate of drug-likeness (QED) is 0.740. The predicted octanol–water partition coefficient (Wildman–Crippen LogP) is 2.58. The van der Waals surface area contributed by atoms with Gasteiger partial charge in [-0.05, 0) is 24.3 Å². The number of rotatable bonds is 5. The minimum Gasteiger partial charge on any atom is -0.497 e. The largest absolute Gasteiger partial charge is 0.497 e. The van der Waals surface area contributed by atoms with Gasteiger partial charge in [0.1, 0.15) is 11.6 Å². The van der Waals surface area contributed by atoms with Crippen molar-refractivity contribution in [2.45, 2.75) is 13.0 Å². The molecule has 2 aromatic carbocycles. The second-order valence-electron chi connectivity index (χ2n) is 7.00. The summed E-state index contributed by atoms with van der Waals surface area (Å²) in [6, 6.07) is 15.1. The standard InChI is InChI=1S/C21H22N4O3/c1-24(13-19-22-17-8-3-4-9-18(17)23-19)21(27)14-10-20(26)25(12-14)15-6-5-7-16(11-15)28-2/h3-9,11,14H,10,12-13H2,1-2H3,(H,22,23)/t14-/m1/s1. The molecule has 7 heteroatoms. The number of amides is 2. The Bertz CT molecular complexity index is 996. The summed E-state index contributed by atoms with van der Waals surface area (Å²) >= 11 is 0. The average Bonchev–Trinajstić information content (AvgIpc) is 3.30. The number of nitrogens with one attached hydrogen (secondary N) is 1. The maximum atomic E-state index is 12.9. The van der Waals surface area contributed by atoms with Gasteiger partial charge in [-0.15, -0.1) is 0 Å². The van der Waals surface area contributed by atoms with Crippen LogP contribution in [0.2, 0.25) is 0 Å². The average molecular weight is 378 g/mol. The van der Waals surface area contributed by atoms with Crippen LogP contribution in [0.5, 0.6) is 5.75 Å². The van der Waals surface area contributed by atoms with Crippen LogP contribution in [0.4, 0.5) is 5.69 Å². The molecule has 7 nitrogen and oxygen atoms in total. The van der Waals surface area contributed by atoms with Crippen LogP contribution in [-0.2, 0) is 16.1 Å². The van der Waals surface area contributed by atoms with Crippen molar-refractivity contribution in [2.75, 3.05) is 25.6 Å². The van der Waals surface area contributed by atoms with Crippen LogP contribution < -0.4 is 9.64 Å². The van der Waals surface area contributed by atoms with Gasteiger partial charge in [0.25, 0.3) is 0 Å². The van der Waals surface area contributed by atoms with E-state index < -0.39 is 0 Å². The molecule has 1 aliphatic rings. The Balaban J connectivity index is 1.44. The monoisotopic (exact) mass is 378 g/mol. The molecule has 2 heterocycles. The van der Waals surface area contributed by atoms with Crippen LogP contribution in [0.25, 0.3) is 11.0 Å². The molecule has 1 aliphatic heterocycles. The van der Waals surface area contributed by atoms with Gasteiger partial charge in [0.15, 0.2) is 0 Å². The summed E-state index contributed by atoms with van der Waals surface area (Å²) in [4.78, 5) is 36.4. The predicted molar refractivity (Wildman–Crippen MR) is 106 cm³/mol. The number of hydrogen-bond acceptors (Lipinski definition) is 4. The number of hydrogen-bond donors (Lipinski definition) is 1. The second-order valence-corrected chi connectivity index (χ2v) is 7.00. The van der Waals surface area contributed by atoms with E-state index in [2.05, 4.69) is 9.97 Å². The number of benzene rings is 2. The van der Waals surface area contributed by atoms with Gasteiger partial charge >= 0.3 is 0 Å². The first-order valence-electron chi connectivity index (χ1n) is 9.18. The molecule has 144 valence electrons. The third-order valence-electron chi connectivity index (χ3n) is 5.04. The van der Waals surface area contributed by atoms with Crippen LogP contribution >= 0.6 is 0 Å². The zero-order chi connectivity index (χ0) is 19.7. The lowest BCUT2D eigenvalue weighted by Crippen LogP contribution is -2.34. The fourth-order valence-corrected chi connectivity index (χ4v) is 3.60. The van der Waals surface area contributed by atoms with Gasteiger partial charge in [-0.2, -0.15) is 0 Å². The SMILES string of the molecule is COc1cccc(N2C[C@H](C(=O)N(C)Cc3nc4ccccc4[nH]3)CC2=O)c1. The van der Waals surface area contributed by atoms with Gasteiger partial charge in [0.05, 0.1) is 30.6 Å². The van der Waals surface area contributed by atoms with E-state index in [0.29, 0.717) is 18.8 Å². The van der Waals surface area contributed by atoms with Crippen LogP contribution in [-0.4, -0.2) is 47.4 Å². The first-order valence-corrected chi connectivity index (χ1v) is 9.18. The lowest BCUT2D eigenvalue weighted by molar-refractivity contribution is -0.135. The first-order chi connectivity index (χ1) is 13.5. The van der Waals surface area contributed by atoms with Crippen molar-refractivity contribution in [1.82, 2.24) is 14.9 Å². The number of anilines is 1. The zero-order valence-corrected chi connectivity index (χ0v) is 15.9. The molecule has 1 atom stereocenters. The van der Waals surface area contributed by atoms with Gasteiger partial charge in [0.2, 0.25) is 11.8 Å². The van der Waals surface area contributed by atoms with Crippen molar-refractivity contribution in [2.24, 2.45) is 5.92 Å². The molecular weight excluding hydrogens is 356 g/mol. The van der Waals surface area contributed by atoms with Crippen molar-refractivity contribution in [3.63, 3.8) is 0 Å². The number of carbonyl (C=O) groups excluding carboxylic acids is 2. The van der Waals surface area contributed by atoms with Crippen LogP contribution in [0.3, 0.4) is 0 Å². The van der Waals surface area contributed by atoms with Crippen molar-refractivity contribution >= 4 is 28.5 Å². The molecule has 0 spiro atoms. The van der Waals surface area contributed by atoms with Gasteiger partial charge in [0, 0.05) is 31.8 Å². The fraction of sp³-hybridized carbons (Fsp3) is 0.286. The number of ether oxygens (including phenoxy) is 1. The Kier molecular flexibility index (Phi) is 4.73. The van der Waals surface area contributed by atoms with E-state index in [0.717, 1.165) is 22.5 Å². The summed E-state index contributed by atoms with van der Waals surface area (Å²) in [5, 5.41) is 0. The Labute approximate surface area is 162 Å². The molecule has 0 unspecified atom stereocenters. The summed E-state index contributed by atoms with van der Waals surface area (Å²) in [5.41, 5.74) is 2.57. The molecule has 1 aromatic heterocycles. The first kappa shape index (κ1) is 18.0. The number of methoxy groups -OCH3 is 1. The van der Waals surface area contributed by atoms with E-state index in [9.17, 15) is 9.59 Å². The number of nitrogens with zero attached hydrogens (tertiary/aromatic N) is 3. The number of imidazole rings is 1. The lowest BCUT2D eigenvalue weighted by Gasteiger charge is -2.21. The molecule has 2 amide bonds. The second kappa shape index (κ2) is 7.34. The summed E-state index contributed by atoms with van der Waals surface area (Å²) in [7, 11) is 3.33. The van der Waals surface area contributed by atoms with E-state index in [1.54, 1.807) is 24.0 Å². The van der Waals surface area contributed by atoms with E-state index in [1.165, 1.54) is 0 Å². The number of H-pyrrole nitrogens is 1. The molecule has 0 bridgehead atoms. The zero-order valence-electron chi connectivity index (χ0n) is 15.9. The molecular formula is C21H22N4O3. The van der Waals surface area contributed by atoms with Crippen molar-refractivity contribution in [3.05, 3.63) is 54.4 Å². The Morgan fingerprint density at radius 3 is 2.89 bits per heavy atom. The minimum absolute atomic E-state index is 0.0521. The summed E-state index contributed by atoms with van der Waals surface area (Å²) in [6.07, 6.45) is 0.209. The van der Waals surface area contributed by atoms with Crippen molar-refractivity contribution < 1.29 is 14.3 Å². The van der Waals surface area contributed by atoms with E-state index in [4.69, 9.17) is 4.74 Å². The number of fused-ring (bicyclic) bond motifs is 1. The summed E-state index contributed by atoms with van der Waals surface area (Å²) in [5.74, 6) is 0.934. The minimum atomic E-state index is -0.368. The number of para-hydroxylation sites is 2. The van der Waals surface area contributed by atoms with Gasteiger partial charge in [-0.3, -0.25) is 9.59 Å². The van der Waals surface area contributed by atoms with Crippen molar-refractivity contribution in [1.29, 1.82) is 0 Å². The Morgan fingerprint density at radius 2 is 2.11 bits per heavy atom. The molecule has 0 saturated carbocycles. The van der Waals surface area contributed by atoms with Gasteiger partial charge in [-0.1, -0.05) is 18.2 Å². The summed E-state index contributed by atoms with van der Waals surface area (Å²) < 4.78 is 5.23. The molecule has 0 aliphatic carbocycles. The number of aromatic nitrogens is 2. The highest BCUT2D eigenvalue weighted by atomic mass is 16.5. The van der Waals surface area contributed by atoms with E-state index >= 15 is 0 Å². The van der Waals surface area contributed by atoms with Gasteiger partial charge in [-0.25, -0.2) is 4.98 Å². The van der Waals surface area contributed by atoms with Gasteiger partial charge < -0.3 is 19.5 Å². The lowest BCUT2D eigenvalue weighted by atomic mass is 10.1. The summed E-state index contributed by atoms with van der Waals surface area (Å²) in [6.45, 7) is 0.743. The highest BCUT2D eigenvalue weighted by Crippen LogP contribution is 2.28. The highest BCUT2D eigenvalue weighted by Gasteiger charge is 2.36. The van der Waals surface area contributed by atoms with Crippen LogP contribution in [0, 0.1) is 5.92 Å². The maximum Gasteiger partial charge on any atom is 0.228 e. The maximum absolute atomic E-state index is 12.9. The van der Waals surface area contributed by atoms with Crippen LogP contribution in [0.1, 0.15) is 12.2 Å². The molecule has 1 fully saturated rings. The number of carbonyl (C=O) groups is 2.